The minimum Gasteiger partial charge on any atom is -0.328 e. The van der Waals surface area contributed by atoms with Crippen LogP contribution in [0, 0.1) is 0 Å². The van der Waals surface area contributed by atoms with Gasteiger partial charge in [0.25, 0.3) is 0 Å². The van der Waals surface area contributed by atoms with Gasteiger partial charge in [0.1, 0.15) is 0 Å². The van der Waals surface area contributed by atoms with Crippen LogP contribution in [0.25, 0.3) is 0 Å². The van der Waals surface area contributed by atoms with E-state index in [2.05, 4.69) is 4.98 Å². The van der Waals surface area contributed by atoms with Crippen LogP contribution in [0.15, 0.2) is 28.0 Å². The highest BCUT2D eigenvalue weighted by molar-refractivity contribution is 7.89. The summed E-state index contributed by atoms with van der Waals surface area (Å²) < 4.78 is 25.8. The minimum absolute atomic E-state index is 0.0388. The molecule has 1 aromatic heterocycles. The molecule has 1 unspecified atom stereocenters. The molecule has 0 saturated carbocycles. The number of pyridine rings is 1. The Balaban J connectivity index is 2.39. The lowest BCUT2D eigenvalue weighted by Gasteiger charge is -2.20. The second-order valence-corrected chi connectivity index (χ2v) is 5.89. The highest BCUT2D eigenvalue weighted by Gasteiger charge is 2.32. The number of hydrogen-bond donors (Lipinski definition) is 1. The van der Waals surface area contributed by atoms with Gasteiger partial charge < -0.3 is 4.98 Å². The first-order valence-corrected chi connectivity index (χ1v) is 6.66. The number of hydrogen-bond acceptors (Lipinski definition) is 3. The van der Waals surface area contributed by atoms with Crippen LogP contribution in [0.5, 0.6) is 0 Å². The van der Waals surface area contributed by atoms with E-state index in [1.54, 1.807) is 0 Å². The summed E-state index contributed by atoms with van der Waals surface area (Å²) in [5, 5.41) is 0. The Morgan fingerprint density at radius 2 is 2.19 bits per heavy atom. The molecule has 0 bridgehead atoms. The summed E-state index contributed by atoms with van der Waals surface area (Å²) in [5.74, 6) is 0. The molecule has 1 aliphatic heterocycles. The van der Waals surface area contributed by atoms with Gasteiger partial charge in [-0.15, -0.1) is 0 Å². The van der Waals surface area contributed by atoms with Crippen LogP contribution in [0.1, 0.15) is 19.8 Å². The van der Waals surface area contributed by atoms with Gasteiger partial charge in [0.05, 0.1) is 4.90 Å². The van der Waals surface area contributed by atoms with E-state index in [-0.39, 0.29) is 16.5 Å². The first kappa shape index (κ1) is 11.3. The summed E-state index contributed by atoms with van der Waals surface area (Å²) in [6, 6.07) is 2.62. The zero-order valence-electron chi connectivity index (χ0n) is 9.01. The molecule has 0 spiro atoms. The van der Waals surface area contributed by atoms with Gasteiger partial charge in [0.15, 0.2) is 0 Å². The van der Waals surface area contributed by atoms with Gasteiger partial charge in [-0.05, 0) is 25.8 Å². The summed E-state index contributed by atoms with van der Waals surface area (Å²) in [5.41, 5.74) is -0.298. The minimum atomic E-state index is -3.44. The molecule has 6 heteroatoms. The number of sulfonamides is 1. The van der Waals surface area contributed by atoms with Crippen LogP contribution in [0.3, 0.4) is 0 Å². The predicted molar refractivity (Wildman–Crippen MR) is 59.7 cm³/mol. The third-order valence-corrected chi connectivity index (χ3v) is 4.86. The van der Waals surface area contributed by atoms with Crippen molar-refractivity contribution in [1.82, 2.24) is 9.29 Å². The van der Waals surface area contributed by atoms with Crippen molar-refractivity contribution in [3.05, 3.63) is 28.7 Å². The molecule has 0 aliphatic carbocycles. The maximum atomic E-state index is 12.2. The summed E-state index contributed by atoms with van der Waals surface area (Å²) in [7, 11) is -3.44. The van der Waals surface area contributed by atoms with Crippen LogP contribution in [0.2, 0.25) is 0 Å². The molecule has 88 valence electrons. The van der Waals surface area contributed by atoms with E-state index in [0.717, 1.165) is 12.8 Å². The lowest BCUT2D eigenvalue weighted by Crippen LogP contribution is -2.33. The molecule has 0 amide bonds. The number of H-pyrrole nitrogens is 1. The van der Waals surface area contributed by atoms with Crippen molar-refractivity contribution < 1.29 is 8.42 Å². The molecular formula is C10H14N2O3S. The highest BCUT2D eigenvalue weighted by Crippen LogP contribution is 2.24. The van der Waals surface area contributed by atoms with E-state index in [1.807, 2.05) is 6.92 Å². The van der Waals surface area contributed by atoms with Gasteiger partial charge in [0.2, 0.25) is 15.6 Å². The van der Waals surface area contributed by atoms with E-state index < -0.39 is 10.0 Å². The maximum absolute atomic E-state index is 12.2. The van der Waals surface area contributed by atoms with Gasteiger partial charge in [-0.1, -0.05) is 0 Å². The van der Waals surface area contributed by atoms with Crippen molar-refractivity contribution in [2.24, 2.45) is 0 Å². The van der Waals surface area contributed by atoms with E-state index in [9.17, 15) is 13.2 Å². The molecule has 1 saturated heterocycles. The Morgan fingerprint density at radius 1 is 1.44 bits per heavy atom. The Kier molecular flexibility index (Phi) is 2.86. The van der Waals surface area contributed by atoms with Gasteiger partial charge in [-0.3, -0.25) is 4.79 Å². The number of nitrogens with one attached hydrogen (secondary N) is 1. The van der Waals surface area contributed by atoms with Crippen LogP contribution in [0.4, 0.5) is 0 Å². The Bertz CT molecular complexity index is 515. The Hall–Kier alpha value is -1.14. The van der Waals surface area contributed by atoms with Crippen LogP contribution in [-0.4, -0.2) is 30.3 Å². The zero-order valence-corrected chi connectivity index (χ0v) is 9.83. The third-order valence-electron chi connectivity index (χ3n) is 2.85. The molecule has 0 radical (unpaired) electrons. The average molecular weight is 242 g/mol. The van der Waals surface area contributed by atoms with Gasteiger partial charge >= 0.3 is 0 Å². The highest BCUT2D eigenvalue weighted by atomic mass is 32.2. The average Bonchev–Trinajstić information content (AvgIpc) is 2.66. The molecule has 5 nitrogen and oxygen atoms in total. The summed E-state index contributed by atoms with van der Waals surface area (Å²) >= 11 is 0. The smallest absolute Gasteiger partial charge is 0.247 e. The van der Waals surface area contributed by atoms with Crippen molar-refractivity contribution >= 4 is 10.0 Å². The van der Waals surface area contributed by atoms with E-state index in [0.29, 0.717) is 6.54 Å². The largest absolute Gasteiger partial charge is 0.328 e. The van der Waals surface area contributed by atoms with Gasteiger partial charge in [0, 0.05) is 24.8 Å². The van der Waals surface area contributed by atoms with E-state index >= 15 is 0 Å². The topological polar surface area (TPSA) is 70.2 Å². The number of aromatic nitrogens is 1. The number of rotatable bonds is 2. The van der Waals surface area contributed by atoms with Crippen LogP contribution in [-0.2, 0) is 10.0 Å². The molecule has 0 aromatic carbocycles. The quantitative estimate of drug-likeness (QED) is 0.823. The van der Waals surface area contributed by atoms with Gasteiger partial charge in [-0.2, -0.15) is 4.31 Å². The molecule has 1 atom stereocenters. The molecule has 2 rings (SSSR count). The van der Waals surface area contributed by atoms with Crippen molar-refractivity contribution in [1.29, 1.82) is 0 Å². The first-order valence-electron chi connectivity index (χ1n) is 5.22. The molecule has 1 N–H and O–H groups in total. The fraction of sp³-hybridized carbons (Fsp3) is 0.500. The fourth-order valence-electron chi connectivity index (χ4n) is 1.96. The third kappa shape index (κ3) is 1.90. The fourth-order valence-corrected chi connectivity index (χ4v) is 3.62. The maximum Gasteiger partial charge on any atom is 0.247 e. The van der Waals surface area contributed by atoms with Gasteiger partial charge in [-0.25, -0.2) is 8.42 Å². The van der Waals surface area contributed by atoms with E-state index in [1.165, 1.54) is 22.6 Å². The Labute approximate surface area is 94.2 Å². The van der Waals surface area contributed by atoms with Crippen molar-refractivity contribution in [2.45, 2.75) is 30.7 Å². The molecule has 1 aliphatic rings. The van der Waals surface area contributed by atoms with Crippen molar-refractivity contribution in [3.8, 4) is 0 Å². The predicted octanol–water partition coefficient (Wildman–Crippen LogP) is 0.548. The van der Waals surface area contributed by atoms with Crippen LogP contribution < -0.4 is 5.56 Å². The Morgan fingerprint density at radius 3 is 2.69 bits per heavy atom. The summed E-state index contributed by atoms with van der Waals surface area (Å²) in [6.45, 7) is 2.46. The SMILES string of the molecule is CC1CCCN1S(=O)(=O)c1ccc(=O)[nH]c1. The van der Waals surface area contributed by atoms with Crippen molar-refractivity contribution in [3.63, 3.8) is 0 Å². The van der Waals surface area contributed by atoms with Crippen molar-refractivity contribution in [2.75, 3.05) is 6.54 Å². The normalized spacial score (nSPS) is 22.4. The monoisotopic (exact) mass is 242 g/mol. The molecule has 2 heterocycles. The second kappa shape index (κ2) is 4.03. The zero-order chi connectivity index (χ0) is 11.8. The lowest BCUT2D eigenvalue weighted by molar-refractivity contribution is 0.408. The van der Waals surface area contributed by atoms with Crippen LogP contribution >= 0.6 is 0 Å². The number of nitrogens with zero attached hydrogens (tertiary/aromatic N) is 1. The summed E-state index contributed by atoms with van der Waals surface area (Å²) in [6.07, 6.45) is 3.04. The van der Waals surface area contributed by atoms with E-state index in [4.69, 9.17) is 0 Å². The lowest BCUT2D eigenvalue weighted by atomic mass is 10.3. The standard InChI is InChI=1S/C10H14N2O3S/c1-8-3-2-6-12(8)16(14,15)9-4-5-10(13)11-7-9/h4-5,7-8H,2-3,6H2,1H3,(H,11,13). The molecular weight excluding hydrogens is 228 g/mol. The first-order chi connectivity index (χ1) is 7.51. The molecule has 1 fully saturated rings. The second-order valence-electron chi connectivity index (χ2n) is 4.00. The number of aromatic amines is 1. The molecule has 16 heavy (non-hydrogen) atoms. The molecule has 1 aromatic rings. The summed E-state index contributed by atoms with van der Waals surface area (Å²) in [4.78, 5) is 13.4.